The number of hydrogen-bond acceptors (Lipinski definition) is 5. The van der Waals surface area contributed by atoms with Gasteiger partial charge in [-0.25, -0.2) is 0 Å². The fourth-order valence-electron chi connectivity index (χ4n) is 3.27. The lowest BCUT2D eigenvalue weighted by molar-refractivity contribution is -0.123. The van der Waals surface area contributed by atoms with E-state index in [2.05, 4.69) is 22.0 Å². The molecule has 2 rings (SSSR count). The lowest BCUT2D eigenvalue weighted by Gasteiger charge is -2.41. The van der Waals surface area contributed by atoms with E-state index in [-0.39, 0.29) is 12.0 Å². The fourth-order valence-corrected chi connectivity index (χ4v) is 3.27. The Bertz CT molecular complexity index is 533. The van der Waals surface area contributed by atoms with Gasteiger partial charge in [-0.1, -0.05) is 19.1 Å². The van der Waals surface area contributed by atoms with Crippen LogP contribution in [-0.2, 0) is 11.3 Å². The molecule has 6 nitrogen and oxygen atoms in total. The van der Waals surface area contributed by atoms with E-state index in [4.69, 9.17) is 4.74 Å². The van der Waals surface area contributed by atoms with Gasteiger partial charge < -0.3 is 15.2 Å². The van der Waals surface area contributed by atoms with Crippen LogP contribution >= 0.6 is 0 Å². The molecule has 0 radical (unpaired) electrons. The number of ether oxygens (including phenoxy) is 1. The molecule has 0 unspecified atom stereocenters. The molecule has 0 saturated carbocycles. The predicted octanol–water partition coefficient (Wildman–Crippen LogP) is 1.09. The molecule has 0 aromatic heterocycles. The van der Waals surface area contributed by atoms with Crippen LogP contribution in [0.5, 0.6) is 5.75 Å². The topological polar surface area (TPSA) is 65.0 Å². The number of carbonyl (C=O) groups excluding carboxylic acids is 1. The van der Waals surface area contributed by atoms with Crippen molar-refractivity contribution in [2.75, 3.05) is 39.8 Å². The summed E-state index contributed by atoms with van der Waals surface area (Å²) in [4.78, 5) is 16.8. The monoisotopic (exact) mass is 349 g/mol. The minimum Gasteiger partial charge on any atom is -0.497 e. The summed E-state index contributed by atoms with van der Waals surface area (Å²) in [6, 6.07) is 8.11. The lowest BCUT2D eigenvalue weighted by Crippen LogP contribution is -2.55. The molecule has 1 aliphatic rings. The first-order valence-corrected chi connectivity index (χ1v) is 9.06. The molecular formula is C19H31N3O3. The summed E-state index contributed by atoms with van der Waals surface area (Å²) in [6.07, 6.45) is 0.713. The number of hydrogen-bond donors (Lipinski definition) is 2. The average molecular weight is 349 g/mol. The van der Waals surface area contributed by atoms with Crippen molar-refractivity contribution in [3.8, 4) is 5.75 Å². The maximum atomic E-state index is 12.2. The zero-order valence-electron chi connectivity index (χ0n) is 15.6. The van der Waals surface area contributed by atoms with Crippen LogP contribution in [0.1, 0.15) is 25.8 Å². The first-order valence-electron chi connectivity index (χ1n) is 9.06. The molecule has 1 aromatic rings. The van der Waals surface area contributed by atoms with Gasteiger partial charge in [0.2, 0.25) is 5.91 Å². The smallest absolute Gasteiger partial charge is 0.234 e. The minimum absolute atomic E-state index is 0.0506. The van der Waals surface area contributed by atoms with Gasteiger partial charge in [-0.05, 0) is 31.0 Å². The number of benzene rings is 1. The Morgan fingerprint density at radius 1 is 1.36 bits per heavy atom. The Morgan fingerprint density at radius 2 is 2.08 bits per heavy atom. The maximum absolute atomic E-state index is 12.2. The summed E-state index contributed by atoms with van der Waals surface area (Å²) < 4.78 is 5.13. The summed E-state index contributed by atoms with van der Waals surface area (Å²) >= 11 is 0. The Hall–Kier alpha value is -1.63. The molecule has 1 aliphatic heterocycles. The van der Waals surface area contributed by atoms with Crippen LogP contribution < -0.4 is 10.1 Å². The number of β-amino-alcohol motifs (C(OH)–C–C–N with tert-alkyl or cyclic N) is 1. The van der Waals surface area contributed by atoms with Crippen molar-refractivity contribution in [3.63, 3.8) is 0 Å². The molecule has 140 valence electrons. The molecule has 1 fully saturated rings. The van der Waals surface area contributed by atoms with Crippen LogP contribution in [0.4, 0.5) is 0 Å². The highest BCUT2D eigenvalue weighted by molar-refractivity contribution is 5.78. The van der Waals surface area contributed by atoms with E-state index in [1.807, 2.05) is 31.2 Å². The molecule has 2 N–H and O–H groups in total. The Balaban J connectivity index is 1.76. The van der Waals surface area contributed by atoms with Crippen LogP contribution in [0.2, 0.25) is 0 Å². The van der Waals surface area contributed by atoms with Crippen LogP contribution in [0.3, 0.4) is 0 Å². The van der Waals surface area contributed by atoms with Crippen molar-refractivity contribution < 1.29 is 14.6 Å². The molecule has 1 heterocycles. The molecule has 0 spiro atoms. The summed E-state index contributed by atoms with van der Waals surface area (Å²) in [7, 11) is 1.64. The largest absolute Gasteiger partial charge is 0.497 e. The molecule has 0 bridgehead atoms. The maximum Gasteiger partial charge on any atom is 0.234 e. The number of aliphatic hydroxyl groups excluding tert-OH is 1. The standard InChI is InChI=1S/C19H31N3O3/c1-4-17-13-21(9-10-22(17)12-15(2)23)14-19(24)20-11-16-5-7-18(25-3)8-6-16/h5-8,15,17,23H,4,9-14H2,1-3H3,(H,20,24)/t15-,17+/m1/s1. The van der Waals surface area contributed by atoms with Crippen LogP contribution in [0.15, 0.2) is 24.3 Å². The number of nitrogens with one attached hydrogen (secondary N) is 1. The number of carbonyl (C=O) groups is 1. The van der Waals surface area contributed by atoms with Gasteiger partial charge in [0.05, 0.1) is 19.8 Å². The van der Waals surface area contributed by atoms with Crippen molar-refractivity contribution in [1.82, 2.24) is 15.1 Å². The number of amides is 1. The van der Waals surface area contributed by atoms with Gasteiger partial charge in [0, 0.05) is 38.8 Å². The summed E-state index contributed by atoms with van der Waals surface area (Å²) in [5, 5.41) is 12.6. The molecule has 6 heteroatoms. The lowest BCUT2D eigenvalue weighted by atomic mass is 10.1. The zero-order chi connectivity index (χ0) is 18.2. The SMILES string of the molecule is CC[C@H]1CN(CC(=O)NCc2ccc(OC)cc2)CCN1C[C@@H](C)O. The fraction of sp³-hybridized carbons (Fsp3) is 0.632. The highest BCUT2D eigenvalue weighted by Crippen LogP contribution is 2.14. The predicted molar refractivity (Wildman–Crippen MR) is 98.6 cm³/mol. The van der Waals surface area contributed by atoms with Gasteiger partial charge in [0.25, 0.3) is 0 Å². The third kappa shape index (κ3) is 6.30. The van der Waals surface area contributed by atoms with Crippen molar-refractivity contribution in [3.05, 3.63) is 29.8 Å². The summed E-state index contributed by atoms with van der Waals surface area (Å²) in [5.74, 6) is 0.866. The highest BCUT2D eigenvalue weighted by Gasteiger charge is 2.27. The normalized spacial score (nSPS) is 20.2. The molecule has 1 saturated heterocycles. The van der Waals surface area contributed by atoms with Crippen LogP contribution in [-0.4, -0.2) is 72.8 Å². The van der Waals surface area contributed by atoms with Gasteiger partial charge in [0.15, 0.2) is 0 Å². The van der Waals surface area contributed by atoms with E-state index in [0.29, 0.717) is 25.7 Å². The van der Waals surface area contributed by atoms with E-state index in [9.17, 15) is 9.90 Å². The minimum atomic E-state index is -0.312. The van der Waals surface area contributed by atoms with Crippen molar-refractivity contribution in [2.24, 2.45) is 0 Å². The molecule has 0 aliphatic carbocycles. The van der Waals surface area contributed by atoms with Crippen molar-refractivity contribution >= 4 is 5.91 Å². The number of methoxy groups -OCH3 is 1. The number of rotatable bonds is 8. The summed E-state index contributed by atoms with van der Waals surface area (Å²) in [6.45, 7) is 8.28. The molecule has 1 aromatic carbocycles. The summed E-state index contributed by atoms with van der Waals surface area (Å²) in [5.41, 5.74) is 1.06. The molecular weight excluding hydrogens is 318 g/mol. The Labute approximate surface area is 150 Å². The van der Waals surface area contributed by atoms with E-state index in [1.54, 1.807) is 7.11 Å². The quantitative estimate of drug-likeness (QED) is 0.735. The number of piperazine rings is 1. The van der Waals surface area contributed by atoms with Gasteiger partial charge in [-0.15, -0.1) is 0 Å². The average Bonchev–Trinajstić information content (AvgIpc) is 2.61. The van der Waals surface area contributed by atoms with Crippen LogP contribution in [0, 0.1) is 0 Å². The molecule has 25 heavy (non-hydrogen) atoms. The first kappa shape index (κ1) is 19.7. The Kier molecular flexibility index (Phi) is 7.68. The van der Waals surface area contributed by atoms with E-state index >= 15 is 0 Å². The van der Waals surface area contributed by atoms with E-state index in [0.717, 1.165) is 37.4 Å². The Morgan fingerprint density at radius 3 is 2.68 bits per heavy atom. The molecule has 2 atom stereocenters. The second-order valence-electron chi connectivity index (χ2n) is 6.77. The van der Waals surface area contributed by atoms with E-state index < -0.39 is 0 Å². The first-order chi connectivity index (χ1) is 12.0. The molecule has 1 amide bonds. The third-order valence-corrected chi connectivity index (χ3v) is 4.67. The van der Waals surface area contributed by atoms with Crippen LogP contribution in [0.25, 0.3) is 0 Å². The van der Waals surface area contributed by atoms with E-state index in [1.165, 1.54) is 0 Å². The van der Waals surface area contributed by atoms with Crippen molar-refractivity contribution in [1.29, 1.82) is 0 Å². The van der Waals surface area contributed by atoms with Gasteiger partial charge in [-0.2, -0.15) is 0 Å². The second-order valence-corrected chi connectivity index (χ2v) is 6.77. The van der Waals surface area contributed by atoms with Gasteiger partial charge >= 0.3 is 0 Å². The highest BCUT2D eigenvalue weighted by atomic mass is 16.5. The number of nitrogens with zero attached hydrogens (tertiary/aromatic N) is 2. The third-order valence-electron chi connectivity index (χ3n) is 4.67. The second kappa shape index (κ2) is 9.75. The number of aliphatic hydroxyl groups is 1. The van der Waals surface area contributed by atoms with Crippen molar-refractivity contribution in [2.45, 2.75) is 39.0 Å². The van der Waals surface area contributed by atoms with Gasteiger partial charge in [-0.3, -0.25) is 14.6 Å². The zero-order valence-corrected chi connectivity index (χ0v) is 15.6. The van der Waals surface area contributed by atoms with Gasteiger partial charge in [0.1, 0.15) is 5.75 Å².